The molecular weight excluding hydrogens is 414 g/mol. The molecule has 2 amide bonds. The Labute approximate surface area is 190 Å². The number of amides is 2. The fraction of sp³-hybridized carbons (Fsp3) is 0.417. The van der Waals surface area contributed by atoms with Crippen LogP contribution in [0.15, 0.2) is 36.4 Å². The molecule has 2 aromatic carbocycles. The molecule has 31 heavy (non-hydrogen) atoms. The molecule has 0 radical (unpaired) electrons. The fourth-order valence-corrected chi connectivity index (χ4v) is 4.32. The number of hydrogen-bond acceptors (Lipinski definition) is 4. The van der Waals surface area contributed by atoms with Crippen LogP contribution in [0.5, 0.6) is 5.75 Å². The molecule has 0 bridgehead atoms. The molecular formula is C24H30ClN3O3. The van der Waals surface area contributed by atoms with Gasteiger partial charge in [0, 0.05) is 43.5 Å². The SMILES string of the molecule is COc1cccc(N2C(=O)c3cc(C)c(C)cc3C2CC(=O)N2CCN(C)CC2)c1.Cl. The number of rotatable bonds is 4. The number of anilines is 1. The van der Waals surface area contributed by atoms with Gasteiger partial charge in [-0.15, -0.1) is 12.4 Å². The maximum atomic E-state index is 13.4. The quantitative estimate of drug-likeness (QED) is 0.724. The maximum Gasteiger partial charge on any atom is 0.259 e. The maximum absolute atomic E-state index is 13.4. The molecule has 7 heteroatoms. The summed E-state index contributed by atoms with van der Waals surface area (Å²) in [6, 6.07) is 11.2. The van der Waals surface area contributed by atoms with Gasteiger partial charge < -0.3 is 19.4 Å². The van der Waals surface area contributed by atoms with E-state index >= 15 is 0 Å². The first-order chi connectivity index (χ1) is 14.4. The van der Waals surface area contributed by atoms with Gasteiger partial charge in [0.2, 0.25) is 5.91 Å². The molecule has 0 saturated carbocycles. The molecule has 0 spiro atoms. The molecule has 0 N–H and O–H groups in total. The van der Waals surface area contributed by atoms with Crippen molar-refractivity contribution in [2.24, 2.45) is 0 Å². The van der Waals surface area contributed by atoms with E-state index in [0.29, 0.717) is 11.3 Å². The zero-order valence-corrected chi connectivity index (χ0v) is 19.4. The predicted molar refractivity (Wildman–Crippen MR) is 124 cm³/mol. The van der Waals surface area contributed by atoms with E-state index in [0.717, 1.165) is 48.6 Å². The lowest BCUT2D eigenvalue weighted by Gasteiger charge is -2.34. The topological polar surface area (TPSA) is 53.1 Å². The van der Waals surface area contributed by atoms with Gasteiger partial charge in [-0.25, -0.2) is 0 Å². The van der Waals surface area contributed by atoms with Gasteiger partial charge in [0.15, 0.2) is 0 Å². The number of hydrogen-bond donors (Lipinski definition) is 0. The third-order valence-electron chi connectivity index (χ3n) is 6.34. The van der Waals surface area contributed by atoms with Gasteiger partial charge in [0.1, 0.15) is 5.75 Å². The Morgan fingerprint density at radius 3 is 2.42 bits per heavy atom. The van der Waals surface area contributed by atoms with Crippen molar-refractivity contribution in [3.63, 3.8) is 0 Å². The summed E-state index contributed by atoms with van der Waals surface area (Å²) in [7, 11) is 3.68. The predicted octanol–water partition coefficient (Wildman–Crippen LogP) is 3.60. The smallest absolute Gasteiger partial charge is 0.259 e. The Kier molecular flexibility index (Phi) is 6.92. The molecule has 1 unspecified atom stereocenters. The van der Waals surface area contributed by atoms with Crippen molar-refractivity contribution in [1.82, 2.24) is 9.80 Å². The van der Waals surface area contributed by atoms with E-state index in [-0.39, 0.29) is 36.7 Å². The van der Waals surface area contributed by atoms with Crippen LogP contribution in [0, 0.1) is 13.8 Å². The summed E-state index contributed by atoms with van der Waals surface area (Å²) in [6.07, 6.45) is 0.280. The second-order valence-corrected chi connectivity index (χ2v) is 8.30. The lowest BCUT2D eigenvalue weighted by atomic mass is 9.96. The molecule has 2 aliphatic rings. The van der Waals surface area contributed by atoms with Gasteiger partial charge in [-0.05, 0) is 55.8 Å². The molecule has 0 aromatic heterocycles. The first kappa shape index (κ1) is 23.1. The van der Waals surface area contributed by atoms with Crippen LogP contribution in [0.25, 0.3) is 0 Å². The molecule has 1 saturated heterocycles. The van der Waals surface area contributed by atoms with Crippen molar-refractivity contribution in [2.45, 2.75) is 26.3 Å². The van der Waals surface area contributed by atoms with Gasteiger partial charge in [-0.2, -0.15) is 0 Å². The second-order valence-electron chi connectivity index (χ2n) is 8.30. The normalized spacial score (nSPS) is 18.6. The number of carbonyl (C=O) groups excluding carboxylic acids is 2. The van der Waals surface area contributed by atoms with E-state index < -0.39 is 0 Å². The van der Waals surface area contributed by atoms with Gasteiger partial charge >= 0.3 is 0 Å². The number of carbonyl (C=O) groups is 2. The van der Waals surface area contributed by atoms with E-state index in [1.54, 1.807) is 12.0 Å². The zero-order valence-electron chi connectivity index (χ0n) is 18.6. The van der Waals surface area contributed by atoms with Crippen LogP contribution < -0.4 is 9.64 Å². The minimum Gasteiger partial charge on any atom is -0.497 e. The average Bonchev–Trinajstić information content (AvgIpc) is 2.99. The van der Waals surface area contributed by atoms with Crippen LogP contribution in [-0.2, 0) is 4.79 Å². The first-order valence-electron chi connectivity index (χ1n) is 10.4. The number of halogens is 1. The van der Waals surface area contributed by atoms with E-state index in [4.69, 9.17) is 4.74 Å². The Morgan fingerprint density at radius 1 is 1.06 bits per heavy atom. The van der Waals surface area contributed by atoms with E-state index in [1.807, 2.05) is 49.1 Å². The second kappa shape index (κ2) is 9.28. The van der Waals surface area contributed by atoms with E-state index in [9.17, 15) is 9.59 Å². The van der Waals surface area contributed by atoms with Crippen molar-refractivity contribution in [1.29, 1.82) is 0 Å². The third-order valence-corrected chi connectivity index (χ3v) is 6.34. The molecule has 4 rings (SSSR count). The summed E-state index contributed by atoms with van der Waals surface area (Å²) < 4.78 is 5.37. The summed E-state index contributed by atoms with van der Waals surface area (Å²) in [4.78, 5) is 32.5. The highest BCUT2D eigenvalue weighted by molar-refractivity contribution is 6.11. The van der Waals surface area contributed by atoms with Crippen molar-refractivity contribution in [3.8, 4) is 5.75 Å². The highest BCUT2D eigenvalue weighted by Crippen LogP contribution is 2.41. The van der Waals surface area contributed by atoms with E-state index in [2.05, 4.69) is 18.0 Å². The molecule has 6 nitrogen and oxygen atoms in total. The Balaban J connectivity index is 0.00000272. The van der Waals surface area contributed by atoms with Crippen LogP contribution in [0.4, 0.5) is 5.69 Å². The molecule has 2 aromatic rings. The number of aryl methyl sites for hydroxylation is 2. The third kappa shape index (κ3) is 4.41. The number of benzene rings is 2. The number of methoxy groups -OCH3 is 1. The Hall–Kier alpha value is -2.57. The zero-order chi connectivity index (χ0) is 21.4. The lowest BCUT2D eigenvalue weighted by molar-refractivity contribution is -0.133. The van der Waals surface area contributed by atoms with Crippen LogP contribution in [0.1, 0.15) is 39.5 Å². The summed E-state index contributed by atoms with van der Waals surface area (Å²) >= 11 is 0. The molecule has 1 fully saturated rings. The number of ether oxygens (including phenoxy) is 1. The minimum absolute atomic E-state index is 0. The van der Waals surface area contributed by atoms with E-state index in [1.165, 1.54) is 0 Å². The average molecular weight is 444 g/mol. The van der Waals surface area contributed by atoms with Crippen LogP contribution in [0.2, 0.25) is 0 Å². The van der Waals surface area contributed by atoms with Crippen molar-refractivity contribution >= 4 is 29.9 Å². The highest BCUT2D eigenvalue weighted by atomic mass is 35.5. The summed E-state index contributed by atoms with van der Waals surface area (Å²) in [6.45, 7) is 7.28. The summed E-state index contributed by atoms with van der Waals surface area (Å²) in [5.41, 5.74) is 4.59. The van der Waals surface area contributed by atoms with Gasteiger partial charge in [0.25, 0.3) is 5.91 Å². The van der Waals surface area contributed by atoms with Crippen LogP contribution in [0.3, 0.4) is 0 Å². The first-order valence-corrected chi connectivity index (χ1v) is 10.4. The van der Waals surface area contributed by atoms with Crippen LogP contribution in [-0.4, -0.2) is 62.0 Å². The van der Waals surface area contributed by atoms with Gasteiger partial charge in [-0.3, -0.25) is 9.59 Å². The Morgan fingerprint density at radius 2 is 1.74 bits per heavy atom. The minimum atomic E-state index is -0.314. The van der Waals surface area contributed by atoms with Crippen molar-refractivity contribution in [2.75, 3.05) is 45.2 Å². The molecule has 166 valence electrons. The highest BCUT2D eigenvalue weighted by Gasteiger charge is 2.40. The summed E-state index contributed by atoms with van der Waals surface area (Å²) in [5.74, 6) is 0.727. The number of likely N-dealkylation sites (N-methyl/N-ethyl adjacent to an activating group) is 1. The molecule has 2 aliphatic heterocycles. The molecule has 2 heterocycles. The largest absolute Gasteiger partial charge is 0.497 e. The summed E-state index contributed by atoms with van der Waals surface area (Å²) in [5, 5.41) is 0. The Bertz CT molecular complexity index is 986. The molecule has 0 aliphatic carbocycles. The standard InChI is InChI=1S/C24H29N3O3.ClH/c1-16-12-20-21(13-17(16)2)24(29)27(18-6-5-7-19(14-18)30-4)22(20)15-23(28)26-10-8-25(3)9-11-26;/h5-7,12-14,22H,8-11,15H2,1-4H3;1H. The fourth-order valence-electron chi connectivity index (χ4n) is 4.32. The van der Waals surface area contributed by atoms with Crippen molar-refractivity contribution < 1.29 is 14.3 Å². The monoisotopic (exact) mass is 443 g/mol. The van der Waals surface area contributed by atoms with Gasteiger partial charge in [-0.1, -0.05) is 12.1 Å². The number of fused-ring (bicyclic) bond motifs is 1. The number of nitrogens with zero attached hydrogens (tertiary/aromatic N) is 3. The molecule has 1 atom stereocenters. The van der Waals surface area contributed by atoms with Crippen molar-refractivity contribution in [3.05, 3.63) is 58.7 Å². The van der Waals surface area contributed by atoms with Crippen LogP contribution >= 0.6 is 12.4 Å². The van der Waals surface area contributed by atoms with Gasteiger partial charge in [0.05, 0.1) is 19.6 Å². The number of piperazine rings is 1. The lowest BCUT2D eigenvalue weighted by Crippen LogP contribution is -2.47.